The van der Waals surface area contributed by atoms with Crippen LogP contribution in [0.3, 0.4) is 0 Å². The molecule has 0 amide bonds. The number of rotatable bonds is 1. The normalized spacial score (nSPS) is 9.08. The van der Waals surface area contributed by atoms with E-state index >= 15 is 0 Å². The summed E-state index contributed by atoms with van der Waals surface area (Å²) in [6.45, 7) is 6.09. The number of benzene rings is 1. The van der Waals surface area contributed by atoms with Gasteiger partial charge >= 0.3 is 0 Å². The largest absolute Gasteiger partial charge is 0.325 e. The molecule has 3 N–H and O–H groups in total. The Morgan fingerprint density at radius 2 is 1.38 bits per heavy atom. The third-order valence-electron chi connectivity index (χ3n) is 1.70. The van der Waals surface area contributed by atoms with Gasteiger partial charge in [0.25, 0.3) is 0 Å². The first-order chi connectivity index (χ1) is 6.15. The van der Waals surface area contributed by atoms with Crippen LogP contribution in [0, 0.1) is 20.8 Å². The van der Waals surface area contributed by atoms with Gasteiger partial charge < -0.3 is 4.55 Å². The van der Waals surface area contributed by atoms with Gasteiger partial charge in [-0.2, -0.15) is 0 Å². The zero-order chi connectivity index (χ0) is 10.4. The summed E-state index contributed by atoms with van der Waals surface area (Å²) in [7, 11) is 0. The van der Waals surface area contributed by atoms with E-state index in [1.165, 1.54) is 5.56 Å². The summed E-state index contributed by atoms with van der Waals surface area (Å²) in [5, 5.41) is 12.0. The lowest BCUT2D eigenvalue weighted by Crippen LogP contribution is -1.86. The molecule has 1 rings (SSSR count). The first kappa shape index (κ1) is 12.4. The van der Waals surface area contributed by atoms with E-state index in [0.29, 0.717) is 0 Å². The van der Waals surface area contributed by atoms with Crippen molar-refractivity contribution in [3.63, 3.8) is 0 Å². The molecule has 3 nitrogen and oxygen atoms in total. The molecular formula is C9H14O3S. The summed E-state index contributed by atoms with van der Waals surface area (Å²) in [6.07, 6.45) is 0. The lowest BCUT2D eigenvalue weighted by molar-refractivity contribution is -0.176. The van der Waals surface area contributed by atoms with Gasteiger partial charge in [0.15, 0.2) is 0 Å². The fourth-order valence-corrected chi connectivity index (χ4v) is 1.72. The monoisotopic (exact) mass is 202 g/mol. The van der Waals surface area contributed by atoms with Gasteiger partial charge in [-0.25, -0.2) is 0 Å². The van der Waals surface area contributed by atoms with Crippen molar-refractivity contribution in [3.8, 4) is 0 Å². The van der Waals surface area contributed by atoms with Crippen LogP contribution < -0.4 is 0 Å². The third-order valence-corrected chi connectivity index (χ3v) is 2.52. The molecule has 1 aromatic carbocycles. The molecule has 0 radical (unpaired) electrons. The van der Waals surface area contributed by atoms with Gasteiger partial charge in [0.2, 0.25) is 0 Å². The van der Waals surface area contributed by atoms with Crippen molar-refractivity contribution in [1.29, 1.82) is 0 Å². The van der Waals surface area contributed by atoms with Crippen molar-refractivity contribution in [3.05, 3.63) is 28.8 Å². The molecule has 74 valence electrons. The highest BCUT2D eigenvalue weighted by Gasteiger charge is 2.02. The summed E-state index contributed by atoms with van der Waals surface area (Å²) >= 11 is 0.831. The second-order valence-electron chi connectivity index (χ2n) is 2.82. The van der Waals surface area contributed by atoms with Crippen LogP contribution in [-0.2, 0) is 0 Å². The van der Waals surface area contributed by atoms with Crippen LogP contribution >= 0.6 is 12.0 Å². The standard InChI is InChI=1S/C9H12OS.H2O2/c1-6-4-7(2)9(11-10)8(3)5-6;1-2/h4-5,10H,1-3H3;1-2H. The van der Waals surface area contributed by atoms with Crippen LogP contribution in [0.15, 0.2) is 17.0 Å². The molecule has 0 heterocycles. The third kappa shape index (κ3) is 3.36. The average molecular weight is 202 g/mol. The van der Waals surface area contributed by atoms with Crippen LogP contribution in [0.2, 0.25) is 0 Å². The maximum atomic E-state index is 8.91. The highest BCUT2D eigenvalue weighted by molar-refractivity contribution is 7.93. The molecule has 4 heteroatoms. The molecule has 0 aliphatic rings. The molecule has 0 saturated heterocycles. The van der Waals surface area contributed by atoms with Crippen molar-refractivity contribution < 1.29 is 15.1 Å². The van der Waals surface area contributed by atoms with E-state index in [-0.39, 0.29) is 0 Å². The van der Waals surface area contributed by atoms with E-state index in [1.807, 2.05) is 13.8 Å². The van der Waals surface area contributed by atoms with Crippen molar-refractivity contribution in [2.45, 2.75) is 25.7 Å². The Hall–Kier alpha value is -0.550. The molecule has 13 heavy (non-hydrogen) atoms. The number of hydrogen-bond donors (Lipinski definition) is 3. The zero-order valence-corrected chi connectivity index (χ0v) is 8.72. The molecule has 1 aromatic rings. The second kappa shape index (κ2) is 5.99. The molecule has 0 unspecified atom stereocenters. The Morgan fingerprint density at radius 3 is 1.69 bits per heavy atom. The van der Waals surface area contributed by atoms with E-state index < -0.39 is 0 Å². The minimum Gasteiger partial charge on any atom is -0.325 e. The summed E-state index contributed by atoms with van der Waals surface area (Å²) in [5.41, 5.74) is 3.54. The van der Waals surface area contributed by atoms with Gasteiger partial charge in [-0.05, 0) is 31.9 Å². The van der Waals surface area contributed by atoms with Gasteiger partial charge in [0.1, 0.15) is 0 Å². The highest BCUT2D eigenvalue weighted by Crippen LogP contribution is 2.24. The molecule has 0 bridgehead atoms. The van der Waals surface area contributed by atoms with Gasteiger partial charge in [-0.15, -0.1) is 0 Å². The molecular weight excluding hydrogens is 188 g/mol. The van der Waals surface area contributed by atoms with E-state index in [9.17, 15) is 0 Å². The van der Waals surface area contributed by atoms with Crippen LogP contribution in [-0.4, -0.2) is 15.1 Å². The van der Waals surface area contributed by atoms with Crippen molar-refractivity contribution in [2.75, 3.05) is 0 Å². The predicted molar refractivity (Wildman–Crippen MR) is 54.4 cm³/mol. The molecule has 0 atom stereocenters. The maximum absolute atomic E-state index is 8.91. The van der Waals surface area contributed by atoms with E-state index in [1.54, 1.807) is 0 Å². The molecule has 0 aliphatic heterocycles. The minimum atomic E-state index is 0.831. The first-order valence-corrected chi connectivity index (χ1v) is 4.51. The SMILES string of the molecule is Cc1cc(C)c(SO)c(C)c1.OO. The minimum absolute atomic E-state index is 0.831. The van der Waals surface area contributed by atoms with Gasteiger partial charge in [-0.1, -0.05) is 17.7 Å². The predicted octanol–water partition coefficient (Wildman–Crippen LogP) is 3.19. The van der Waals surface area contributed by atoms with Gasteiger partial charge in [0, 0.05) is 16.9 Å². The average Bonchev–Trinajstić information content (AvgIpc) is 2.07. The lowest BCUT2D eigenvalue weighted by atomic mass is 10.1. The molecule has 0 fully saturated rings. The molecule has 0 spiro atoms. The van der Waals surface area contributed by atoms with Crippen molar-refractivity contribution in [2.24, 2.45) is 0 Å². The Balaban J connectivity index is 0.000000671. The smallest absolute Gasteiger partial charge is 0.0409 e. The van der Waals surface area contributed by atoms with Crippen LogP contribution in [0.4, 0.5) is 0 Å². The van der Waals surface area contributed by atoms with Crippen LogP contribution in [0.1, 0.15) is 16.7 Å². The maximum Gasteiger partial charge on any atom is 0.0409 e. The molecule has 0 aromatic heterocycles. The quantitative estimate of drug-likeness (QED) is 0.372. The summed E-state index contributed by atoms with van der Waals surface area (Å²) < 4.78 is 8.91. The summed E-state index contributed by atoms with van der Waals surface area (Å²) in [6, 6.07) is 4.15. The van der Waals surface area contributed by atoms with Crippen LogP contribution in [0.5, 0.6) is 0 Å². The number of aryl methyl sites for hydroxylation is 3. The Kier molecular flexibility index (Phi) is 5.73. The zero-order valence-electron chi connectivity index (χ0n) is 7.90. The highest BCUT2D eigenvalue weighted by atomic mass is 32.2. The number of hydrogen-bond acceptors (Lipinski definition) is 4. The van der Waals surface area contributed by atoms with E-state index in [2.05, 4.69) is 19.1 Å². The van der Waals surface area contributed by atoms with Gasteiger partial charge in [0.05, 0.1) is 0 Å². The molecule has 0 aliphatic carbocycles. The summed E-state index contributed by atoms with van der Waals surface area (Å²) in [4.78, 5) is 0.982. The van der Waals surface area contributed by atoms with Crippen molar-refractivity contribution in [1.82, 2.24) is 0 Å². The summed E-state index contributed by atoms with van der Waals surface area (Å²) in [5.74, 6) is 0. The second-order valence-corrected chi connectivity index (χ2v) is 3.41. The first-order valence-electron chi connectivity index (χ1n) is 3.74. The van der Waals surface area contributed by atoms with Gasteiger partial charge in [-0.3, -0.25) is 10.5 Å². The fourth-order valence-electron chi connectivity index (χ4n) is 1.31. The topological polar surface area (TPSA) is 60.7 Å². The van der Waals surface area contributed by atoms with E-state index in [0.717, 1.165) is 28.1 Å². The Morgan fingerprint density at radius 1 is 1.00 bits per heavy atom. The fraction of sp³-hybridized carbons (Fsp3) is 0.333. The van der Waals surface area contributed by atoms with Crippen LogP contribution in [0.25, 0.3) is 0 Å². The molecule has 0 saturated carbocycles. The Bertz CT molecular complexity index is 251. The lowest BCUT2D eigenvalue weighted by Gasteiger charge is -2.06. The van der Waals surface area contributed by atoms with E-state index in [4.69, 9.17) is 15.1 Å². The van der Waals surface area contributed by atoms with Crippen molar-refractivity contribution >= 4 is 12.0 Å². The Labute approximate surface area is 82.2 Å².